The zero-order chi connectivity index (χ0) is 7.56. The SMILES string of the molecule is [C-]#[N+]c1cnn(CC)c1N. The molecule has 4 nitrogen and oxygen atoms in total. The molecule has 0 aromatic carbocycles. The van der Waals surface area contributed by atoms with Gasteiger partial charge in [0.15, 0.2) is 0 Å². The second kappa shape index (κ2) is 2.40. The summed E-state index contributed by atoms with van der Waals surface area (Å²) in [7, 11) is 0. The lowest BCUT2D eigenvalue weighted by Crippen LogP contribution is -2.01. The van der Waals surface area contributed by atoms with Crippen LogP contribution < -0.4 is 5.73 Å². The van der Waals surface area contributed by atoms with Crippen LogP contribution in [0, 0.1) is 6.57 Å². The van der Waals surface area contributed by atoms with E-state index < -0.39 is 0 Å². The first-order valence-corrected chi connectivity index (χ1v) is 2.98. The average Bonchev–Trinajstić information content (AvgIpc) is 2.30. The first kappa shape index (κ1) is 6.62. The van der Waals surface area contributed by atoms with Gasteiger partial charge in [0, 0.05) is 6.54 Å². The molecule has 0 spiro atoms. The van der Waals surface area contributed by atoms with Crippen molar-refractivity contribution in [2.45, 2.75) is 13.5 Å². The number of nitrogens with two attached hydrogens (primary N) is 1. The number of anilines is 1. The van der Waals surface area contributed by atoms with Crippen molar-refractivity contribution in [3.8, 4) is 0 Å². The van der Waals surface area contributed by atoms with E-state index in [-0.39, 0.29) is 0 Å². The Labute approximate surface area is 59.1 Å². The van der Waals surface area contributed by atoms with E-state index in [1.807, 2.05) is 6.92 Å². The molecule has 0 saturated heterocycles. The molecule has 0 aliphatic rings. The third-order valence-electron chi connectivity index (χ3n) is 1.28. The molecule has 0 bridgehead atoms. The van der Waals surface area contributed by atoms with Crippen LogP contribution in [0.2, 0.25) is 0 Å². The van der Waals surface area contributed by atoms with Gasteiger partial charge in [-0.25, -0.2) is 4.85 Å². The van der Waals surface area contributed by atoms with Crippen LogP contribution in [0.25, 0.3) is 4.85 Å². The van der Waals surface area contributed by atoms with Gasteiger partial charge in [0.25, 0.3) is 0 Å². The number of hydrogen-bond donors (Lipinski definition) is 1. The highest BCUT2D eigenvalue weighted by atomic mass is 15.3. The molecule has 0 fully saturated rings. The standard InChI is InChI=1S/C6H8N4/c1-3-10-6(7)5(8-2)4-9-10/h4H,3,7H2,1H3. The molecule has 0 unspecified atom stereocenters. The van der Waals surface area contributed by atoms with E-state index in [0.29, 0.717) is 18.1 Å². The summed E-state index contributed by atoms with van der Waals surface area (Å²) in [5.74, 6) is 0.456. The molecule has 0 aliphatic carbocycles. The summed E-state index contributed by atoms with van der Waals surface area (Å²) in [5.41, 5.74) is 5.94. The van der Waals surface area contributed by atoms with Gasteiger partial charge in [0.1, 0.15) is 5.82 Å². The van der Waals surface area contributed by atoms with Gasteiger partial charge in [-0.3, -0.25) is 4.68 Å². The van der Waals surface area contributed by atoms with Gasteiger partial charge in [-0.1, -0.05) is 0 Å². The average molecular weight is 136 g/mol. The lowest BCUT2D eigenvalue weighted by Gasteiger charge is -1.96. The normalized spacial score (nSPS) is 9.20. The summed E-state index contributed by atoms with van der Waals surface area (Å²) in [6.07, 6.45) is 1.48. The highest BCUT2D eigenvalue weighted by Gasteiger charge is 2.03. The fourth-order valence-electron chi connectivity index (χ4n) is 0.723. The van der Waals surface area contributed by atoms with Gasteiger partial charge in [-0.2, -0.15) is 5.10 Å². The zero-order valence-electron chi connectivity index (χ0n) is 5.70. The summed E-state index contributed by atoms with van der Waals surface area (Å²) in [6.45, 7) is 9.30. The van der Waals surface area contributed by atoms with Crippen molar-refractivity contribution in [2.24, 2.45) is 0 Å². The summed E-state index contributed by atoms with van der Waals surface area (Å²) >= 11 is 0. The van der Waals surface area contributed by atoms with Gasteiger partial charge in [-0.05, 0) is 6.92 Å². The van der Waals surface area contributed by atoms with E-state index in [4.69, 9.17) is 12.3 Å². The Kier molecular flexibility index (Phi) is 1.59. The Morgan fingerprint density at radius 2 is 2.60 bits per heavy atom. The molecule has 0 aliphatic heterocycles. The van der Waals surface area contributed by atoms with Crippen LogP contribution in [0.1, 0.15) is 6.92 Å². The highest BCUT2D eigenvalue weighted by Crippen LogP contribution is 2.19. The third kappa shape index (κ3) is 0.818. The molecular formula is C6H8N4. The van der Waals surface area contributed by atoms with E-state index in [1.54, 1.807) is 4.68 Å². The van der Waals surface area contributed by atoms with Gasteiger partial charge in [-0.15, -0.1) is 0 Å². The molecule has 52 valence electrons. The van der Waals surface area contributed by atoms with Crippen molar-refractivity contribution in [3.05, 3.63) is 17.6 Å². The molecule has 1 heterocycles. The van der Waals surface area contributed by atoms with Crippen LogP contribution in [0.15, 0.2) is 6.20 Å². The van der Waals surface area contributed by atoms with Crippen LogP contribution in [-0.4, -0.2) is 9.78 Å². The third-order valence-corrected chi connectivity index (χ3v) is 1.28. The van der Waals surface area contributed by atoms with Crippen molar-refractivity contribution in [1.82, 2.24) is 9.78 Å². The predicted octanol–water partition coefficient (Wildman–Crippen LogP) is 1.04. The second-order valence-electron chi connectivity index (χ2n) is 1.84. The molecule has 0 amide bonds. The number of aryl methyl sites for hydroxylation is 1. The van der Waals surface area contributed by atoms with Crippen molar-refractivity contribution in [2.75, 3.05) is 5.73 Å². The largest absolute Gasteiger partial charge is 0.393 e. The summed E-state index contributed by atoms with van der Waals surface area (Å²) in [4.78, 5) is 3.18. The Morgan fingerprint density at radius 3 is 2.90 bits per heavy atom. The minimum Gasteiger partial charge on any atom is -0.393 e. The van der Waals surface area contributed by atoms with Gasteiger partial charge < -0.3 is 5.73 Å². The quantitative estimate of drug-likeness (QED) is 0.586. The molecule has 1 aromatic heterocycles. The Hall–Kier alpha value is -1.50. The first-order chi connectivity index (χ1) is 4.79. The molecule has 0 radical (unpaired) electrons. The van der Waals surface area contributed by atoms with E-state index in [2.05, 4.69) is 9.94 Å². The fourth-order valence-corrected chi connectivity index (χ4v) is 0.723. The van der Waals surface area contributed by atoms with Crippen LogP contribution in [0.4, 0.5) is 11.5 Å². The first-order valence-electron chi connectivity index (χ1n) is 2.98. The maximum absolute atomic E-state index is 6.66. The topological polar surface area (TPSA) is 48.2 Å². The minimum absolute atomic E-state index is 0.432. The van der Waals surface area contributed by atoms with Crippen molar-refractivity contribution < 1.29 is 0 Å². The van der Waals surface area contributed by atoms with Crippen LogP contribution in [0.3, 0.4) is 0 Å². The molecule has 2 N–H and O–H groups in total. The predicted molar refractivity (Wildman–Crippen MR) is 38.6 cm³/mol. The molecule has 4 heteroatoms. The molecule has 0 atom stereocenters. The van der Waals surface area contributed by atoms with E-state index in [9.17, 15) is 0 Å². The van der Waals surface area contributed by atoms with Crippen LogP contribution >= 0.6 is 0 Å². The van der Waals surface area contributed by atoms with E-state index in [0.717, 1.165) is 0 Å². The van der Waals surface area contributed by atoms with Gasteiger partial charge >= 0.3 is 0 Å². The summed E-state index contributed by atoms with van der Waals surface area (Å²) in [6, 6.07) is 0. The highest BCUT2D eigenvalue weighted by molar-refractivity contribution is 5.61. The molecule has 0 saturated carbocycles. The number of nitrogens with zero attached hydrogens (tertiary/aromatic N) is 3. The Balaban J connectivity index is 3.12. The second-order valence-corrected chi connectivity index (χ2v) is 1.84. The molecule has 1 rings (SSSR count). The lowest BCUT2D eigenvalue weighted by atomic mass is 10.5. The molecular weight excluding hydrogens is 128 g/mol. The van der Waals surface area contributed by atoms with Crippen molar-refractivity contribution in [3.63, 3.8) is 0 Å². The number of rotatable bonds is 1. The smallest absolute Gasteiger partial charge is 0.247 e. The molecule has 10 heavy (non-hydrogen) atoms. The Morgan fingerprint density at radius 1 is 1.90 bits per heavy atom. The van der Waals surface area contributed by atoms with E-state index in [1.165, 1.54) is 6.20 Å². The fraction of sp³-hybridized carbons (Fsp3) is 0.333. The Bertz CT molecular complexity index is 268. The number of hydrogen-bond acceptors (Lipinski definition) is 2. The summed E-state index contributed by atoms with van der Waals surface area (Å²) < 4.78 is 1.59. The lowest BCUT2D eigenvalue weighted by molar-refractivity contribution is 0.670. The van der Waals surface area contributed by atoms with Crippen molar-refractivity contribution >= 4 is 11.5 Å². The number of aromatic nitrogens is 2. The van der Waals surface area contributed by atoms with Gasteiger partial charge in [0.05, 0.1) is 12.8 Å². The number of nitrogen functional groups attached to an aromatic ring is 1. The van der Waals surface area contributed by atoms with E-state index >= 15 is 0 Å². The summed E-state index contributed by atoms with van der Waals surface area (Å²) in [5, 5.41) is 3.88. The maximum atomic E-state index is 6.66. The van der Waals surface area contributed by atoms with Crippen molar-refractivity contribution in [1.29, 1.82) is 0 Å². The van der Waals surface area contributed by atoms with Crippen LogP contribution in [-0.2, 0) is 6.54 Å². The molecule has 1 aromatic rings. The van der Waals surface area contributed by atoms with Crippen LogP contribution in [0.5, 0.6) is 0 Å². The monoisotopic (exact) mass is 136 g/mol. The van der Waals surface area contributed by atoms with Gasteiger partial charge in [0.2, 0.25) is 5.69 Å². The minimum atomic E-state index is 0.432. The zero-order valence-corrected chi connectivity index (χ0v) is 5.70. The maximum Gasteiger partial charge on any atom is 0.247 e.